The van der Waals surface area contributed by atoms with Gasteiger partial charge in [-0.15, -0.1) is 0 Å². The van der Waals surface area contributed by atoms with Gasteiger partial charge in [-0.3, -0.25) is 4.79 Å². The minimum absolute atomic E-state index is 0.113. The number of hydrogen-bond acceptors (Lipinski definition) is 3. The molecule has 0 bridgehead atoms. The number of aliphatic hydroxyl groups excluding tert-OH is 1. The number of aldehydes is 1. The summed E-state index contributed by atoms with van der Waals surface area (Å²) in [6.07, 6.45) is 3.38. The molecular weight excluding hydrogens is 274 g/mol. The zero-order valence-corrected chi connectivity index (χ0v) is 12.5. The fourth-order valence-corrected chi connectivity index (χ4v) is 3.16. The van der Waals surface area contributed by atoms with Crippen molar-refractivity contribution >= 4 is 6.29 Å². The number of benzene rings is 2. The Morgan fingerprint density at radius 1 is 1.09 bits per heavy atom. The van der Waals surface area contributed by atoms with Gasteiger partial charge < -0.3 is 10.4 Å². The van der Waals surface area contributed by atoms with E-state index in [9.17, 15) is 9.90 Å². The highest BCUT2D eigenvalue weighted by atomic mass is 16.3. The smallest absolute Gasteiger partial charge is 0.150 e. The van der Waals surface area contributed by atoms with Crippen molar-refractivity contribution in [1.82, 2.24) is 5.32 Å². The number of carbonyl (C=O) groups excluding carboxylic acids is 1. The Labute approximate surface area is 131 Å². The summed E-state index contributed by atoms with van der Waals surface area (Å²) in [4.78, 5) is 10.7. The van der Waals surface area contributed by atoms with Gasteiger partial charge in [0.15, 0.2) is 0 Å². The summed E-state index contributed by atoms with van der Waals surface area (Å²) in [5.74, 6) is 0. The summed E-state index contributed by atoms with van der Waals surface area (Å²) < 4.78 is 0. The van der Waals surface area contributed by atoms with Crippen LogP contribution in [0.2, 0.25) is 0 Å². The predicted molar refractivity (Wildman–Crippen MR) is 86.9 cm³/mol. The zero-order chi connectivity index (χ0) is 15.4. The standard InChI is InChI=1S/C19H21NO2/c21-13-15-8-6-14(7-9-15)12-17-10-11-18(20-17)19(22)16-4-2-1-3-5-16/h1-9,13,17-20,22H,10-12H2/t17-,18+,19+/m0/s1. The molecule has 0 saturated carbocycles. The van der Waals surface area contributed by atoms with Crippen molar-refractivity contribution in [3.63, 3.8) is 0 Å². The second-order valence-electron chi connectivity index (χ2n) is 5.97. The van der Waals surface area contributed by atoms with Crippen molar-refractivity contribution in [2.75, 3.05) is 0 Å². The molecular formula is C19H21NO2. The van der Waals surface area contributed by atoms with Crippen LogP contribution in [0.3, 0.4) is 0 Å². The van der Waals surface area contributed by atoms with Gasteiger partial charge in [-0.05, 0) is 30.4 Å². The summed E-state index contributed by atoms with van der Waals surface area (Å²) in [7, 11) is 0. The maximum absolute atomic E-state index is 10.7. The van der Waals surface area contributed by atoms with Gasteiger partial charge >= 0.3 is 0 Å². The van der Waals surface area contributed by atoms with Crippen LogP contribution in [0.1, 0.15) is 40.4 Å². The minimum Gasteiger partial charge on any atom is -0.387 e. The fraction of sp³-hybridized carbons (Fsp3) is 0.316. The molecule has 1 fully saturated rings. The van der Waals surface area contributed by atoms with Gasteiger partial charge in [0.1, 0.15) is 6.29 Å². The van der Waals surface area contributed by atoms with Gasteiger partial charge in [0, 0.05) is 17.6 Å². The third-order valence-corrected chi connectivity index (χ3v) is 4.40. The minimum atomic E-state index is -0.455. The molecule has 0 radical (unpaired) electrons. The SMILES string of the molecule is O=Cc1ccc(C[C@@H]2CC[C@H]([C@H](O)c3ccccc3)N2)cc1. The first-order chi connectivity index (χ1) is 10.8. The highest BCUT2D eigenvalue weighted by Gasteiger charge is 2.29. The van der Waals surface area contributed by atoms with E-state index in [2.05, 4.69) is 5.32 Å². The summed E-state index contributed by atoms with van der Waals surface area (Å²) in [5.41, 5.74) is 2.90. The molecule has 3 heteroatoms. The van der Waals surface area contributed by atoms with Crippen LogP contribution in [0.4, 0.5) is 0 Å². The molecule has 1 aliphatic rings. The second kappa shape index (κ2) is 6.86. The largest absolute Gasteiger partial charge is 0.387 e. The number of nitrogens with one attached hydrogen (secondary N) is 1. The summed E-state index contributed by atoms with van der Waals surface area (Å²) in [6.45, 7) is 0. The molecule has 1 saturated heterocycles. The molecule has 0 unspecified atom stereocenters. The monoisotopic (exact) mass is 295 g/mol. The molecule has 0 aromatic heterocycles. The van der Waals surface area contributed by atoms with Gasteiger partial charge in [-0.25, -0.2) is 0 Å². The lowest BCUT2D eigenvalue weighted by Gasteiger charge is -2.20. The molecule has 0 aliphatic carbocycles. The van der Waals surface area contributed by atoms with E-state index in [1.807, 2.05) is 54.6 Å². The molecule has 3 nitrogen and oxygen atoms in total. The van der Waals surface area contributed by atoms with E-state index in [1.54, 1.807) is 0 Å². The Morgan fingerprint density at radius 3 is 2.50 bits per heavy atom. The predicted octanol–water partition coefficient (Wildman–Crippen LogP) is 2.90. The van der Waals surface area contributed by atoms with Crippen molar-refractivity contribution in [3.8, 4) is 0 Å². The quantitative estimate of drug-likeness (QED) is 0.834. The molecule has 2 N–H and O–H groups in total. The van der Waals surface area contributed by atoms with Crippen LogP contribution in [-0.4, -0.2) is 23.5 Å². The third-order valence-electron chi connectivity index (χ3n) is 4.40. The Kier molecular flexibility index (Phi) is 4.66. The van der Waals surface area contributed by atoms with Crippen LogP contribution < -0.4 is 5.32 Å². The van der Waals surface area contributed by atoms with Gasteiger partial charge in [-0.2, -0.15) is 0 Å². The lowest BCUT2D eigenvalue weighted by atomic mass is 10.0. The van der Waals surface area contributed by atoms with Crippen LogP contribution >= 0.6 is 0 Å². The molecule has 3 atom stereocenters. The molecule has 2 aromatic rings. The van der Waals surface area contributed by atoms with Crippen molar-refractivity contribution in [1.29, 1.82) is 0 Å². The highest BCUT2D eigenvalue weighted by Crippen LogP contribution is 2.26. The maximum Gasteiger partial charge on any atom is 0.150 e. The summed E-state index contributed by atoms with van der Waals surface area (Å²) in [5, 5.41) is 14.0. The van der Waals surface area contributed by atoms with Crippen molar-refractivity contribution in [2.24, 2.45) is 0 Å². The Hall–Kier alpha value is -1.97. The summed E-state index contributed by atoms with van der Waals surface area (Å²) >= 11 is 0. The van der Waals surface area contributed by atoms with E-state index in [-0.39, 0.29) is 6.04 Å². The van der Waals surface area contributed by atoms with Crippen molar-refractivity contribution in [2.45, 2.75) is 37.5 Å². The van der Waals surface area contributed by atoms with Gasteiger partial charge in [0.05, 0.1) is 6.10 Å². The molecule has 1 heterocycles. The lowest BCUT2D eigenvalue weighted by molar-refractivity contribution is 0.112. The topological polar surface area (TPSA) is 49.3 Å². The number of rotatable bonds is 5. The second-order valence-corrected chi connectivity index (χ2v) is 5.97. The first kappa shape index (κ1) is 14.9. The average Bonchev–Trinajstić information content (AvgIpc) is 3.04. The van der Waals surface area contributed by atoms with Crippen LogP contribution in [-0.2, 0) is 6.42 Å². The van der Waals surface area contributed by atoms with Gasteiger partial charge in [0.25, 0.3) is 0 Å². The fourth-order valence-electron chi connectivity index (χ4n) is 3.16. The zero-order valence-electron chi connectivity index (χ0n) is 12.5. The number of carbonyl (C=O) groups is 1. The van der Waals surface area contributed by atoms with E-state index in [0.29, 0.717) is 11.6 Å². The molecule has 2 aromatic carbocycles. The van der Waals surface area contributed by atoms with Crippen molar-refractivity contribution in [3.05, 3.63) is 71.3 Å². The van der Waals surface area contributed by atoms with E-state index in [4.69, 9.17) is 0 Å². The molecule has 1 aliphatic heterocycles. The van der Waals surface area contributed by atoms with Crippen molar-refractivity contribution < 1.29 is 9.90 Å². The molecule has 0 amide bonds. The van der Waals surface area contributed by atoms with Gasteiger partial charge in [-0.1, -0.05) is 54.6 Å². The maximum atomic E-state index is 10.7. The van der Waals surface area contributed by atoms with Crippen LogP contribution in [0.15, 0.2) is 54.6 Å². The first-order valence-electron chi connectivity index (χ1n) is 7.79. The molecule has 114 valence electrons. The third kappa shape index (κ3) is 3.43. The van der Waals surface area contributed by atoms with Crippen LogP contribution in [0.25, 0.3) is 0 Å². The van der Waals surface area contributed by atoms with Gasteiger partial charge in [0.2, 0.25) is 0 Å². The Bertz CT molecular complexity index is 609. The average molecular weight is 295 g/mol. The Morgan fingerprint density at radius 2 is 1.82 bits per heavy atom. The van der Waals surface area contributed by atoms with E-state index < -0.39 is 6.10 Å². The van der Waals surface area contributed by atoms with Crippen LogP contribution in [0, 0.1) is 0 Å². The highest BCUT2D eigenvalue weighted by molar-refractivity contribution is 5.74. The van der Waals surface area contributed by atoms with E-state index in [1.165, 1.54) is 5.56 Å². The summed E-state index contributed by atoms with van der Waals surface area (Å²) in [6, 6.07) is 18.0. The molecule has 0 spiro atoms. The normalized spacial score (nSPS) is 22.4. The first-order valence-corrected chi connectivity index (χ1v) is 7.79. The molecule has 22 heavy (non-hydrogen) atoms. The van der Waals surface area contributed by atoms with Crippen LogP contribution in [0.5, 0.6) is 0 Å². The van der Waals surface area contributed by atoms with E-state index in [0.717, 1.165) is 31.1 Å². The number of hydrogen-bond donors (Lipinski definition) is 2. The van der Waals surface area contributed by atoms with E-state index >= 15 is 0 Å². The number of aliphatic hydroxyl groups is 1. The molecule has 3 rings (SSSR count). The lowest BCUT2D eigenvalue weighted by Crippen LogP contribution is -2.35. The Balaban J connectivity index is 1.58.